The molecule has 0 bridgehead atoms. The highest BCUT2D eigenvalue weighted by Crippen LogP contribution is 2.21. The number of ether oxygens (including phenoxy) is 1. The molecule has 2 atom stereocenters. The number of nitrogens with one attached hydrogen (secondary N) is 2. The third-order valence-electron chi connectivity index (χ3n) is 3.38. The summed E-state index contributed by atoms with van der Waals surface area (Å²) in [4.78, 5) is -0.0815. The summed E-state index contributed by atoms with van der Waals surface area (Å²) in [6.07, 6.45) is 1.44. The van der Waals surface area contributed by atoms with Crippen LogP contribution >= 0.6 is 12.4 Å². The van der Waals surface area contributed by atoms with Gasteiger partial charge in [-0.1, -0.05) is 0 Å². The van der Waals surface area contributed by atoms with Crippen LogP contribution in [0.3, 0.4) is 0 Å². The minimum Gasteiger partial charge on any atom is -0.494 e. The maximum absolute atomic E-state index is 13.6. The second-order valence-electron chi connectivity index (χ2n) is 4.99. The highest BCUT2D eigenvalue weighted by molar-refractivity contribution is 7.89. The number of piperidine rings is 1. The Labute approximate surface area is 130 Å². The predicted molar refractivity (Wildman–Crippen MR) is 81.0 cm³/mol. The summed E-state index contributed by atoms with van der Waals surface area (Å²) in [6, 6.07) is 3.78. The standard InChI is InChI=1S/C13H19FN2O3S.ClH/c1-9-7-10(5-6-15-9)16-20(17,18)11-3-4-13(19-2)12(14)8-11;/h3-4,8-10,15-16H,5-7H2,1-2H3;1H. The molecule has 1 heterocycles. The van der Waals surface area contributed by atoms with E-state index < -0.39 is 15.8 Å². The quantitative estimate of drug-likeness (QED) is 0.876. The number of methoxy groups -OCH3 is 1. The molecular formula is C13H20ClFN2O3S. The van der Waals surface area contributed by atoms with E-state index in [1.54, 1.807) is 0 Å². The fourth-order valence-electron chi connectivity index (χ4n) is 2.34. The van der Waals surface area contributed by atoms with Crippen molar-refractivity contribution in [1.82, 2.24) is 10.0 Å². The third kappa shape index (κ3) is 4.54. The third-order valence-corrected chi connectivity index (χ3v) is 4.90. The number of hydrogen-bond acceptors (Lipinski definition) is 4. The Bertz CT molecular complexity index is 583. The number of rotatable bonds is 4. The van der Waals surface area contributed by atoms with E-state index in [0.29, 0.717) is 0 Å². The van der Waals surface area contributed by atoms with Crippen molar-refractivity contribution < 1.29 is 17.5 Å². The van der Waals surface area contributed by atoms with Crippen LogP contribution in [0.4, 0.5) is 4.39 Å². The van der Waals surface area contributed by atoms with Crippen LogP contribution in [0.1, 0.15) is 19.8 Å². The average Bonchev–Trinajstić information content (AvgIpc) is 2.38. The lowest BCUT2D eigenvalue weighted by molar-refractivity contribution is 0.361. The van der Waals surface area contributed by atoms with Crippen molar-refractivity contribution in [3.63, 3.8) is 0 Å². The van der Waals surface area contributed by atoms with Crippen LogP contribution in [-0.4, -0.2) is 34.2 Å². The van der Waals surface area contributed by atoms with Gasteiger partial charge in [-0.2, -0.15) is 0 Å². The first-order valence-corrected chi connectivity index (χ1v) is 8.00. The Hall–Kier alpha value is -0.890. The largest absolute Gasteiger partial charge is 0.494 e. The number of hydrogen-bond donors (Lipinski definition) is 2. The normalized spacial score (nSPS) is 22.4. The Kier molecular flexibility index (Phi) is 6.40. The van der Waals surface area contributed by atoms with Crippen molar-refractivity contribution in [3.05, 3.63) is 24.0 Å². The zero-order valence-corrected chi connectivity index (χ0v) is 13.6. The van der Waals surface area contributed by atoms with Crippen LogP contribution in [0.25, 0.3) is 0 Å². The van der Waals surface area contributed by atoms with Crippen LogP contribution in [0.2, 0.25) is 0 Å². The molecule has 2 unspecified atom stereocenters. The molecule has 1 aromatic carbocycles. The van der Waals surface area contributed by atoms with E-state index in [9.17, 15) is 12.8 Å². The molecule has 5 nitrogen and oxygen atoms in total. The van der Waals surface area contributed by atoms with Gasteiger partial charge in [0.25, 0.3) is 0 Å². The second kappa shape index (κ2) is 7.40. The Morgan fingerprint density at radius 3 is 2.71 bits per heavy atom. The summed E-state index contributed by atoms with van der Waals surface area (Å²) >= 11 is 0. The summed E-state index contributed by atoms with van der Waals surface area (Å²) in [6.45, 7) is 2.78. The van der Waals surface area contributed by atoms with Crippen LogP contribution in [0.15, 0.2) is 23.1 Å². The van der Waals surface area contributed by atoms with Crippen molar-refractivity contribution in [2.24, 2.45) is 0 Å². The molecule has 0 saturated carbocycles. The molecule has 0 amide bonds. The first-order chi connectivity index (χ1) is 9.42. The molecule has 0 spiro atoms. The van der Waals surface area contributed by atoms with Gasteiger partial charge in [0.05, 0.1) is 12.0 Å². The minimum absolute atomic E-state index is 0. The van der Waals surface area contributed by atoms with Gasteiger partial charge in [-0.25, -0.2) is 17.5 Å². The van der Waals surface area contributed by atoms with Gasteiger partial charge in [0.15, 0.2) is 11.6 Å². The molecule has 1 aliphatic rings. The Morgan fingerprint density at radius 1 is 1.43 bits per heavy atom. The van der Waals surface area contributed by atoms with Crippen LogP contribution in [0, 0.1) is 5.82 Å². The van der Waals surface area contributed by atoms with Crippen molar-refractivity contribution >= 4 is 22.4 Å². The minimum atomic E-state index is -3.70. The van der Waals surface area contributed by atoms with Gasteiger partial charge in [-0.15, -0.1) is 12.4 Å². The lowest BCUT2D eigenvalue weighted by atomic mass is 10.0. The molecule has 120 valence electrons. The summed E-state index contributed by atoms with van der Waals surface area (Å²) in [5.74, 6) is -0.659. The van der Waals surface area contributed by atoms with Gasteiger partial charge in [0.1, 0.15) is 0 Å². The van der Waals surface area contributed by atoms with E-state index in [4.69, 9.17) is 4.74 Å². The van der Waals surface area contributed by atoms with Gasteiger partial charge >= 0.3 is 0 Å². The fourth-order valence-corrected chi connectivity index (χ4v) is 3.64. The molecule has 0 aromatic heterocycles. The molecule has 0 aliphatic carbocycles. The van der Waals surface area contributed by atoms with Crippen molar-refractivity contribution in [3.8, 4) is 5.75 Å². The summed E-state index contributed by atoms with van der Waals surface area (Å²) in [7, 11) is -2.37. The molecule has 1 aromatic rings. The van der Waals surface area contributed by atoms with Crippen LogP contribution in [-0.2, 0) is 10.0 Å². The molecule has 1 fully saturated rings. The summed E-state index contributed by atoms with van der Waals surface area (Å²) < 4.78 is 45.4. The predicted octanol–water partition coefficient (Wildman–Crippen LogP) is 1.67. The molecule has 1 aliphatic heterocycles. The number of halogens is 2. The van der Waals surface area contributed by atoms with E-state index in [1.165, 1.54) is 19.2 Å². The van der Waals surface area contributed by atoms with Gasteiger partial charge < -0.3 is 10.1 Å². The number of benzene rings is 1. The SMILES string of the molecule is COc1ccc(S(=O)(=O)NC2CCNC(C)C2)cc1F.Cl. The first-order valence-electron chi connectivity index (χ1n) is 6.51. The maximum Gasteiger partial charge on any atom is 0.240 e. The first kappa shape index (κ1) is 18.2. The van der Waals surface area contributed by atoms with Crippen molar-refractivity contribution in [2.45, 2.75) is 36.7 Å². The van der Waals surface area contributed by atoms with E-state index in [2.05, 4.69) is 10.0 Å². The highest BCUT2D eigenvalue weighted by Gasteiger charge is 2.25. The van der Waals surface area contributed by atoms with E-state index in [-0.39, 0.29) is 35.1 Å². The molecular weight excluding hydrogens is 319 g/mol. The average molecular weight is 339 g/mol. The highest BCUT2D eigenvalue weighted by atomic mass is 35.5. The van der Waals surface area contributed by atoms with Crippen LogP contribution in [0.5, 0.6) is 5.75 Å². The Morgan fingerprint density at radius 2 is 2.14 bits per heavy atom. The van der Waals surface area contributed by atoms with Crippen LogP contribution < -0.4 is 14.8 Å². The van der Waals surface area contributed by atoms with Gasteiger partial charge in [0.2, 0.25) is 10.0 Å². The topological polar surface area (TPSA) is 67.4 Å². The van der Waals surface area contributed by atoms with E-state index in [1.807, 2.05) is 6.92 Å². The maximum atomic E-state index is 13.6. The lowest BCUT2D eigenvalue weighted by Gasteiger charge is -2.28. The zero-order chi connectivity index (χ0) is 14.8. The zero-order valence-electron chi connectivity index (χ0n) is 11.9. The second-order valence-corrected chi connectivity index (χ2v) is 6.71. The smallest absolute Gasteiger partial charge is 0.240 e. The summed E-state index contributed by atoms with van der Waals surface area (Å²) in [5, 5.41) is 3.25. The number of sulfonamides is 1. The van der Waals surface area contributed by atoms with Crippen molar-refractivity contribution in [2.75, 3.05) is 13.7 Å². The Balaban J connectivity index is 0.00000220. The monoisotopic (exact) mass is 338 g/mol. The molecule has 8 heteroatoms. The van der Waals surface area contributed by atoms with E-state index >= 15 is 0 Å². The molecule has 1 saturated heterocycles. The van der Waals surface area contributed by atoms with Crippen molar-refractivity contribution in [1.29, 1.82) is 0 Å². The van der Waals surface area contributed by atoms with Gasteiger partial charge in [-0.05, 0) is 44.5 Å². The van der Waals surface area contributed by atoms with Gasteiger partial charge in [-0.3, -0.25) is 0 Å². The van der Waals surface area contributed by atoms with E-state index in [0.717, 1.165) is 25.5 Å². The fraction of sp³-hybridized carbons (Fsp3) is 0.538. The lowest BCUT2D eigenvalue weighted by Crippen LogP contribution is -2.46. The van der Waals surface area contributed by atoms with Gasteiger partial charge in [0, 0.05) is 12.1 Å². The molecule has 2 N–H and O–H groups in total. The molecule has 0 radical (unpaired) electrons. The molecule has 2 rings (SSSR count). The summed E-state index contributed by atoms with van der Waals surface area (Å²) in [5.41, 5.74) is 0. The molecule has 21 heavy (non-hydrogen) atoms.